The fraction of sp³-hybridized carbons (Fsp3) is 0.250. The maximum Gasteiger partial charge on any atom is 0.138 e. The number of hydrogen-bond acceptors (Lipinski definition) is 0. The van der Waals surface area contributed by atoms with Gasteiger partial charge in [0.15, 0.2) is 0 Å². The van der Waals surface area contributed by atoms with Crippen molar-refractivity contribution in [3.8, 4) is 22.3 Å². The Balaban J connectivity index is 1.62. The molecule has 0 aliphatic rings. The van der Waals surface area contributed by atoms with E-state index in [9.17, 15) is 0 Å². The lowest BCUT2D eigenvalue weighted by atomic mass is 9.95. The number of halogens is 3. The second kappa shape index (κ2) is 11.4. The molecule has 0 aliphatic carbocycles. The van der Waals surface area contributed by atoms with E-state index in [4.69, 9.17) is 0 Å². The molecule has 0 radical (unpaired) electrons. The summed E-state index contributed by atoms with van der Waals surface area (Å²) in [5.41, 5.74) is 3.00. The number of aryl methyl sites for hydroxylation is 2. The first kappa shape index (κ1) is 24.8. The first-order valence-electron chi connectivity index (χ1n) is 12.4. The normalized spacial score (nSPS) is 11.2. The van der Waals surface area contributed by atoms with Crippen molar-refractivity contribution in [2.45, 2.75) is 51.9 Å². The molecule has 0 spiro atoms. The Bertz CT molecular complexity index is 1300. The molecule has 4 aromatic rings. The maximum absolute atomic E-state index is 15.4. The van der Waals surface area contributed by atoms with Crippen molar-refractivity contribution in [1.29, 1.82) is 0 Å². The number of allylic oxidation sites excluding steroid dienone is 1. The van der Waals surface area contributed by atoms with Gasteiger partial charge in [0, 0.05) is 10.9 Å². The SMILES string of the molecule is C=CCCc1ccc(-c2c(F)cc(-c3ccc4cc(CCCCCC)ccc4c3F)cc2F)cc1. The molecule has 0 saturated carbocycles. The molecule has 0 N–H and O–H groups in total. The summed E-state index contributed by atoms with van der Waals surface area (Å²) in [5.74, 6) is -1.88. The second-order valence-electron chi connectivity index (χ2n) is 9.13. The molecule has 0 nitrogen and oxygen atoms in total. The molecule has 0 heterocycles. The van der Waals surface area contributed by atoms with Gasteiger partial charge < -0.3 is 0 Å². The lowest BCUT2D eigenvalue weighted by Crippen LogP contribution is -1.95. The van der Waals surface area contributed by atoms with Crippen LogP contribution in [0.2, 0.25) is 0 Å². The topological polar surface area (TPSA) is 0 Å². The number of hydrogen-bond donors (Lipinski definition) is 0. The first-order valence-corrected chi connectivity index (χ1v) is 12.4. The average molecular weight is 473 g/mol. The Labute approximate surface area is 206 Å². The molecule has 0 bridgehead atoms. The highest BCUT2D eigenvalue weighted by Gasteiger charge is 2.17. The minimum absolute atomic E-state index is 0.0991. The van der Waals surface area contributed by atoms with Crippen molar-refractivity contribution in [2.75, 3.05) is 0 Å². The van der Waals surface area contributed by atoms with E-state index in [0.717, 1.165) is 36.6 Å². The predicted octanol–water partition coefficient (Wildman–Crippen LogP) is 9.83. The number of benzene rings is 4. The molecule has 4 aromatic carbocycles. The van der Waals surface area contributed by atoms with E-state index < -0.39 is 17.5 Å². The van der Waals surface area contributed by atoms with Crippen LogP contribution in [-0.2, 0) is 12.8 Å². The van der Waals surface area contributed by atoms with Gasteiger partial charge in [-0.1, -0.05) is 86.9 Å². The fourth-order valence-electron chi connectivity index (χ4n) is 4.59. The van der Waals surface area contributed by atoms with Crippen LogP contribution >= 0.6 is 0 Å². The van der Waals surface area contributed by atoms with E-state index >= 15 is 13.2 Å². The molecule has 4 rings (SSSR count). The molecule has 0 fully saturated rings. The third-order valence-electron chi connectivity index (χ3n) is 6.57. The van der Waals surface area contributed by atoms with Gasteiger partial charge >= 0.3 is 0 Å². The zero-order valence-corrected chi connectivity index (χ0v) is 20.2. The van der Waals surface area contributed by atoms with Crippen LogP contribution < -0.4 is 0 Å². The monoisotopic (exact) mass is 472 g/mol. The Morgan fingerprint density at radius 1 is 0.714 bits per heavy atom. The average Bonchev–Trinajstić information content (AvgIpc) is 2.86. The highest BCUT2D eigenvalue weighted by Crippen LogP contribution is 2.34. The smallest absolute Gasteiger partial charge is 0.138 e. The first-order chi connectivity index (χ1) is 17.0. The van der Waals surface area contributed by atoms with Crippen LogP contribution in [0, 0.1) is 17.5 Å². The summed E-state index contributed by atoms with van der Waals surface area (Å²) in [6.07, 6.45) is 9.19. The third kappa shape index (κ3) is 5.67. The van der Waals surface area contributed by atoms with Crippen LogP contribution in [0.15, 0.2) is 79.4 Å². The molecule has 180 valence electrons. The zero-order chi connectivity index (χ0) is 24.8. The Morgan fingerprint density at radius 2 is 1.43 bits per heavy atom. The Hall–Kier alpha value is -3.33. The molecule has 0 atom stereocenters. The maximum atomic E-state index is 15.4. The predicted molar refractivity (Wildman–Crippen MR) is 141 cm³/mol. The van der Waals surface area contributed by atoms with Crippen molar-refractivity contribution < 1.29 is 13.2 Å². The zero-order valence-electron chi connectivity index (χ0n) is 20.2. The minimum atomic E-state index is -0.708. The van der Waals surface area contributed by atoms with Gasteiger partial charge in [-0.3, -0.25) is 0 Å². The van der Waals surface area contributed by atoms with Crippen LogP contribution in [0.5, 0.6) is 0 Å². The highest BCUT2D eigenvalue weighted by molar-refractivity contribution is 5.89. The van der Waals surface area contributed by atoms with Gasteiger partial charge in [0.05, 0.1) is 5.56 Å². The van der Waals surface area contributed by atoms with Gasteiger partial charge in [0.2, 0.25) is 0 Å². The molecule has 0 saturated heterocycles. The minimum Gasteiger partial charge on any atom is -0.206 e. The molecule has 3 heteroatoms. The third-order valence-corrected chi connectivity index (χ3v) is 6.57. The molecule has 0 amide bonds. The molecule has 0 unspecified atom stereocenters. The van der Waals surface area contributed by atoms with Crippen LogP contribution in [0.4, 0.5) is 13.2 Å². The van der Waals surface area contributed by atoms with Gasteiger partial charge in [-0.15, -0.1) is 6.58 Å². The van der Waals surface area contributed by atoms with E-state index in [0.29, 0.717) is 10.9 Å². The van der Waals surface area contributed by atoms with Gasteiger partial charge in [0.25, 0.3) is 0 Å². The summed E-state index contributed by atoms with van der Waals surface area (Å²) in [6, 6.07) is 18.8. The largest absolute Gasteiger partial charge is 0.206 e. The molecular formula is C32H31F3. The lowest BCUT2D eigenvalue weighted by molar-refractivity contribution is 0.590. The molecular weight excluding hydrogens is 441 g/mol. The van der Waals surface area contributed by atoms with Crippen molar-refractivity contribution in [3.63, 3.8) is 0 Å². The van der Waals surface area contributed by atoms with Crippen molar-refractivity contribution in [3.05, 3.63) is 108 Å². The summed E-state index contributed by atoms with van der Waals surface area (Å²) < 4.78 is 45.6. The van der Waals surface area contributed by atoms with Gasteiger partial charge in [-0.25, -0.2) is 13.2 Å². The fourth-order valence-corrected chi connectivity index (χ4v) is 4.59. The van der Waals surface area contributed by atoms with E-state index in [1.54, 1.807) is 24.3 Å². The van der Waals surface area contributed by atoms with E-state index in [-0.39, 0.29) is 16.7 Å². The van der Waals surface area contributed by atoms with Gasteiger partial charge in [0.1, 0.15) is 17.5 Å². The highest BCUT2D eigenvalue weighted by atomic mass is 19.1. The summed E-state index contributed by atoms with van der Waals surface area (Å²) >= 11 is 0. The standard InChI is InChI=1S/C32H31F3/c1-3-5-7-8-10-23-13-17-27-25(19-23)16-18-28(32(27)35)26-20-29(33)31(30(34)21-26)24-14-11-22(12-15-24)9-6-4-2/h4,11-21H,2-3,5-10H2,1H3. The van der Waals surface area contributed by atoms with E-state index in [1.165, 1.54) is 37.0 Å². The van der Waals surface area contributed by atoms with Crippen molar-refractivity contribution in [1.82, 2.24) is 0 Å². The Morgan fingerprint density at radius 3 is 2.11 bits per heavy atom. The van der Waals surface area contributed by atoms with Crippen LogP contribution in [0.25, 0.3) is 33.0 Å². The number of unbranched alkanes of at least 4 members (excludes halogenated alkanes) is 3. The lowest BCUT2D eigenvalue weighted by Gasteiger charge is -2.12. The molecule has 35 heavy (non-hydrogen) atoms. The summed E-state index contributed by atoms with van der Waals surface area (Å²) in [5, 5.41) is 1.26. The number of rotatable bonds is 10. The quantitative estimate of drug-likeness (QED) is 0.159. The van der Waals surface area contributed by atoms with Gasteiger partial charge in [-0.2, -0.15) is 0 Å². The van der Waals surface area contributed by atoms with Crippen molar-refractivity contribution >= 4 is 10.8 Å². The molecule has 0 aliphatic heterocycles. The van der Waals surface area contributed by atoms with Crippen LogP contribution in [-0.4, -0.2) is 0 Å². The summed E-state index contributed by atoms with van der Waals surface area (Å²) in [6.45, 7) is 5.90. The Kier molecular flexibility index (Phi) is 8.07. The van der Waals surface area contributed by atoms with Crippen molar-refractivity contribution in [2.24, 2.45) is 0 Å². The van der Waals surface area contributed by atoms with E-state index in [1.807, 2.05) is 36.4 Å². The van der Waals surface area contributed by atoms with Gasteiger partial charge in [-0.05, 0) is 65.5 Å². The summed E-state index contributed by atoms with van der Waals surface area (Å²) in [4.78, 5) is 0. The summed E-state index contributed by atoms with van der Waals surface area (Å²) in [7, 11) is 0. The van der Waals surface area contributed by atoms with E-state index in [2.05, 4.69) is 13.5 Å². The number of fused-ring (bicyclic) bond motifs is 1. The second-order valence-corrected chi connectivity index (χ2v) is 9.13. The molecule has 0 aromatic heterocycles. The van der Waals surface area contributed by atoms with Crippen LogP contribution in [0.1, 0.15) is 50.2 Å². The van der Waals surface area contributed by atoms with Crippen LogP contribution in [0.3, 0.4) is 0 Å².